The SMILES string of the molecule is CC(C)c1nc2scc(-c3cccnc3)n2c1N. The van der Waals surface area contributed by atoms with Crippen LogP contribution in [-0.4, -0.2) is 14.4 Å². The summed E-state index contributed by atoms with van der Waals surface area (Å²) in [6, 6.07) is 3.96. The maximum absolute atomic E-state index is 6.21. The highest BCUT2D eigenvalue weighted by Crippen LogP contribution is 2.32. The first-order chi connectivity index (χ1) is 8.68. The summed E-state index contributed by atoms with van der Waals surface area (Å²) in [5, 5.41) is 2.07. The van der Waals surface area contributed by atoms with Gasteiger partial charge < -0.3 is 5.73 Å². The van der Waals surface area contributed by atoms with Gasteiger partial charge in [0.2, 0.25) is 0 Å². The molecule has 0 bridgehead atoms. The molecule has 0 radical (unpaired) electrons. The number of imidazole rings is 1. The fourth-order valence-corrected chi connectivity index (χ4v) is 2.95. The first-order valence-corrected chi connectivity index (χ1v) is 6.72. The van der Waals surface area contributed by atoms with Gasteiger partial charge in [0.1, 0.15) is 5.82 Å². The van der Waals surface area contributed by atoms with Gasteiger partial charge in [-0.3, -0.25) is 9.38 Å². The van der Waals surface area contributed by atoms with Crippen molar-refractivity contribution in [3.05, 3.63) is 35.6 Å². The molecule has 0 aliphatic rings. The minimum absolute atomic E-state index is 0.332. The highest BCUT2D eigenvalue weighted by molar-refractivity contribution is 7.15. The molecular formula is C13H14N4S. The van der Waals surface area contributed by atoms with Crippen molar-refractivity contribution >= 4 is 22.1 Å². The average molecular weight is 258 g/mol. The van der Waals surface area contributed by atoms with Crippen LogP contribution in [0.2, 0.25) is 0 Å². The molecule has 0 spiro atoms. The maximum Gasteiger partial charge on any atom is 0.196 e. The van der Waals surface area contributed by atoms with Gasteiger partial charge in [-0.05, 0) is 18.1 Å². The third-order valence-corrected chi connectivity index (χ3v) is 3.76. The van der Waals surface area contributed by atoms with Crippen molar-refractivity contribution in [1.29, 1.82) is 0 Å². The van der Waals surface area contributed by atoms with Gasteiger partial charge in [0.15, 0.2) is 4.96 Å². The highest BCUT2D eigenvalue weighted by atomic mass is 32.1. The molecule has 0 atom stereocenters. The van der Waals surface area contributed by atoms with E-state index in [1.807, 2.05) is 22.7 Å². The maximum atomic E-state index is 6.21. The number of hydrogen-bond acceptors (Lipinski definition) is 4. The summed E-state index contributed by atoms with van der Waals surface area (Å²) in [7, 11) is 0. The quantitative estimate of drug-likeness (QED) is 0.768. The van der Waals surface area contributed by atoms with Gasteiger partial charge in [0.25, 0.3) is 0 Å². The topological polar surface area (TPSA) is 56.2 Å². The lowest BCUT2D eigenvalue weighted by Gasteiger charge is -2.04. The van der Waals surface area contributed by atoms with Crippen LogP contribution in [0.15, 0.2) is 29.9 Å². The zero-order valence-electron chi connectivity index (χ0n) is 10.3. The van der Waals surface area contributed by atoms with Crippen molar-refractivity contribution in [2.24, 2.45) is 0 Å². The van der Waals surface area contributed by atoms with E-state index < -0.39 is 0 Å². The highest BCUT2D eigenvalue weighted by Gasteiger charge is 2.17. The van der Waals surface area contributed by atoms with Gasteiger partial charge in [-0.2, -0.15) is 0 Å². The molecule has 2 N–H and O–H groups in total. The van der Waals surface area contributed by atoms with Gasteiger partial charge in [-0.25, -0.2) is 4.98 Å². The molecule has 3 heterocycles. The third kappa shape index (κ3) is 1.59. The van der Waals surface area contributed by atoms with Crippen LogP contribution >= 0.6 is 11.3 Å². The Bertz CT molecular complexity index is 682. The van der Waals surface area contributed by atoms with E-state index in [9.17, 15) is 0 Å². The summed E-state index contributed by atoms with van der Waals surface area (Å²) in [5.41, 5.74) is 9.29. The number of nitrogens with two attached hydrogens (primary N) is 1. The van der Waals surface area contributed by atoms with Crippen molar-refractivity contribution in [1.82, 2.24) is 14.4 Å². The van der Waals surface area contributed by atoms with Crippen LogP contribution in [-0.2, 0) is 0 Å². The Morgan fingerprint density at radius 1 is 1.39 bits per heavy atom. The number of nitrogen functional groups attached to an aromatic ring is 1. The van der Waals surface area contributed by atoms with Gasteiger partial charge in [0.05, 0.1) is 11.4 Å². The summed E-state index contributed by atoms with van der Waals surface area (Å²) < 4.78 is 2.01. The summed E-state index contributed by atoms with van der Waals surface area (Å²) in [6.45, 7) is 4.21. The molecule has 0 aliphatic carbocycles. The van der Waals surface area contributed by atoms with E-state index in [2.05, 4.69) is 29.2 Å². The number of hydrogen-bond donors (Lipinski definition) is 1. The van der Waals surface area contributed by atoms with E-state index in [1.54, 1.807) is 17.5 Å². The van der Waals surface area contributed by atoms with Crippen molar-refractivity contribution in [2.45, 2.75) is 19.8 Å². The minimum atomic E-state index is 0.332. The standard InChI is InChI=1S/C13H14N4S/c1-8(2)11-12(14)17-10(7-18-13(17)16-11)9-4-3-5-15-6-9/h3-8H,14H2,1-2H3. The fraction of sp³-hybridized carbons (Fsp3) is 0.231. The number of aromatic nitrogens is 3. The molecule has 0 aromatic carbocycles. The molecule has 3 aromatic rings. The number of pyridine rings is 1. The number of rotatable bonds is 2. The molecule has 3 rings (SSSR count). The van der Waals surface area contributed by atoms with Crippen LogP contribution in [0.4, 0.5) is 5.82 Å². The molecule has 18 heavy (non-hydrogen) atoms. The van der Waals surface area contributed by atoms with Crippen LogP contribution in [0.5, 0.6) is 0 Å². The monoisotopic (exact) mass is 258 g/mol. The Kier molecular flexibility index (Phi) is 2.56. The van der Waals surface area contributed by atoms with Gasteiger partial charge >= 0.3 is 0 Å². The van der Waals surface area contributed by atoms with Crippen molar-refractivity contribution in [3.63, 3.8) is 0 Å². The summed E-state index contributed by atoms with van der Waals surface area (Å²) in [6.07, 6.45) is 3.61. The molecule has 3 aromatic heterocycles. The van der Waals surface area contributed by atoms with Gasteiger partial charge in [-0.1, -0.05) is 13.8 Å². The summed E-state index contributed by atoms with van der Waals surface area (Å²) >= 11 is 1.61. The van der Waals surface area contributed by atoms with Crippen LogP contribution in [0.25, 0.3) is 16.2 Å². The second-order valence-corrected chi connectivity index (χ2v) is 5.35. The van der Waals surface area contributed by atoms with Gasteiger partial charge in [-0.15, -0.1) is 11.3 Å². The molecule has 0 saturated carbocycles. The van der Waals surface area contributed by atoms with Crippen LogP contribution < -0.4 is 5.73 Å². The second kappa shape index (κ2) is 4.10. The van der Waals surface area contributed by atoms with Crippen LogP contribution in [0, 0.1) is 0 Å². The molecule has 0 unspecified atom stereocenters. The lowest BCUT2D eigenvalue weighted by atomic mass is 10.1. The van der Waals surface area contributed by atoms with Crippen molar-refractivity contribution in [2.75, 3.05) is 5.73 Å². The molecule has 5 heteroatoms. The molecule has 92 valence electrons. The Labute approximate surface area is 109 Å². The lowest BCUT2D eigenvalue weighted by Crippen LogP contribution is -1.98. The summed E-state index contributed by atoms with van der Waals surface area (Å²) in [5.74, 6) is 1.07. The van der Waals surface area contributed by atoms with E-state index in [1.165, 1.54) is 0 Å². The zero-order chi connectivity index (χ0) is 12.7. The van der Waals surface area contributed by atoms with Crippen LogP contribution in [0.1, 0.15) is 25.5 Å². The Hall–Kier alpha value is -1.88. The molecular weight excluding hydrogens is 244 g/mol. The Balaban J connectivity index is 2.26. The molecule has 0 aliphatic heterocycles. The van der Waals surface area contributed by atoms with E-state index in [-0.39, 0.29) is 0 Å². The molecule has 0 saturated heterocycles. The number of nitrogens with zero attached hydrogens (tertiary/aromatic N) is 3. The largest absolute Gasteiger partial charge is 0.383 e. The van der Waals surface area contributed by atoms with E-state index in [0.29, 0.717) is 5.92 Å². The summed E-state index contributed by atoms with van der Waals surface area (Å²) in [4.78, 5) is 9.68. The first-order valence-electron chi connectivity index (χ1n) is 5.84. The van der Waals surface area contributed by atoms with E-state index in [4.69, 9.17) is 5.73 Å². The fourth-order valence-electron chi connectivity index (χ4n) is 2.04. The Morgan fingerprint density at radius 3 is 2.89 bits per heavy atom. The lowest BCUT2D eigenvalue weighted by molar-refractivity contribution is 0.838. The number of anilines is 1. The smallest absolute Gasteiger partial charge is 0.196 e. The number of fused-ring (bicyclic) bond motifs is 1. The molecule has 0 amide bonds. The first kappa shape index (κ1) is 11.2. The van der Waals surface area contributed by atoms with Crippen molar-refractivity contribution in [3.8, 4) is 11.3 Å². The zero-order valence-corrected chi connectivity index (χ0v) is 11.1. The minimum Gasteiger partial charge on any atom is -0.383 e. The second-order valence-electron chi connectivity index (χ2n) is 4.52. The third-order valence-electron chi connectivity index (χ3n) is 2.93. The van der Waals surface area contributed by atoms with Crippen LogP contribution in [0.3, 0.4) is 0 Å². The van der Waals surface area contributed by atoms with E-state index >= 15 is 0 Å². The predicted molar refractivity (Wildman–Crippen MR) is 74.8 cm³/mol. The predicted octanol–water partition coefficient (Wildman–Crippen LogP) is 3.16. The van der Waals surface area contributed by atoms with E-state index in [0.717, 1.165) is 27.7 Å². The van der Waals surface area contributed by atoms with Crippen molar-refractivity contribution < 1.29 is 0 Å². The normalized spacial score (nSPS) is 11.5. The average Bonchev–Trinajstić information content (AvgIpc) is 2.91. The Morgan fingerprint density at radius 2 is 2.22 bits per heavy atom. The number of thiazole rings is 1. The molecule has 0 fully saturated rings. The molecule has 4 nitrogen and oxygen atoms in total. The van der Waals surface area contributed by atoms with Gasteiger partial charge in [0, 0.05) is 23.3 Å².